The van der Waals surface area contributed by atoms with Crippen LogP contribution >= 0.6 is 11.3 Å². The number of aryl methyl sites for hydroxylation is 3. The average molecular weight is 528 g/mol. The topological polar surface area (TPSA) is 116 Å². The van der Waals surface area contributed by atoms with Crippen LogP contribution in [0.3, 0.4) is 0 Å². The number of hydrogen-bond acceptors (Lipinski definition) is 8. The molecule has 0 radical (unpaired) electrons. The van der Waals surface area contributed by atoms with Crippen molar-refractivity contribution in [1.82, 2.24) is 4.98 Å². The van der Waals surface area contributed by atoms with Gasteiger partial charge in [-0.2, -0.15) is 0 Å². The predicted octanol–water partition coefficient (Wildman–Crippen LogP) is 7.13. The van der Waals surface area contributed by atoms with E-state index in [2.05, 4.69) is 15.6 Å². The summed E-state index contributed by atoms with van der Waals surface area (Å²) >= 11 is 1.16. The van der Waals surface area contributed by atoms with Crippen molar-refractivity contribution in [3.63, 3.8) is 0 Å². The molecule has 0 bridgehead atoms. The summed E-state index contributed by atoms with van der Waals surface area (Å²) < 4.78 is 16.6. The number of amides is 2. The first-order valence-electron chi connectivity index (χ1n) is 11.8. The van der Waals surface area contributed by atoms with E-state index in [4.69, 9.17) is 14.2 Å². The van der Waals surface area contributed by atoms with Gasteiger partial charge in [-0.25, -0.2) is 14.6 Å². The van der Waals surface area contributed by atoms with Gasteiger partial charge >= 0.3 is 12.2 Å². The Morgan fingerprint density at radius 2 is 1.43 bits per heavy atom. The summed E-state index contributed by atoms with van der Waals surface area (Å²) in [6.45, 7) is 16.2. The van der Waals surface area contributed by atoms with Gasteiger partial charge in [0.05, 0.1) is 15.8 Å². The molecular weight excluding hydrogens is 494 g/mol. The lowest BCUT2D eigenvalue weighted by Crippen LogP contribution is -2.27. The van der Waals surface area contributed by atoms with Gasteiger partial charge in [-0.05, 0) is 79.5 Å². The van der Waals surface area contributed by atoms with Gasteiger partial charge in [0.2, 0.25) is 0 Å². The van der Waals surface area contributed by atoms with Gasteiger partial charge in [0.1, 0.15) is 17.0 Å². The van der Waals surface area contributed by atoms with Gasteiger partial charge in [-0.15, -0.1) is 0 Å². The quantitative estimate of drug-likeness (QED) is 0.274. The van der Waals surface area contributed by atoms with Crippen LogP contribution in [-0.4, -0.2) is 34.3 Å². The summed E-state index contributed by atoms with van der Waals surface area (Å²) in [5.41, 5.74) is 2.65. The number of carbonyl (C=O) groups excluding carboxylic acids is 3. The Bertz CT molecular complexity index is 1340. The summed E-state index contributed by atoms with van der Waals surface area (Å²) in [4.78, 5) is 42.5. The maximum Gasteiger partial charge on any atom is 0.514 e. The van der Waals surface area contributed by atoms with Crippen LogP contribution in [0.5, 0.6) is 5.75 Å². The van der Waals surface area contributed by atoms with Crippen molar-refractivity contribution in [2.75, 3.05) is 10.6 Å². The molecule has 0 saturated heterocycles. The highest BCUT2D eigenvalue weighted by molar-refractivity contribution is 7.22. The lowest BCUT2D eigenvalue weighted by atomic mass is 10.0. The smallest absolute Gasteiger partial charge is 0.444 e. The van der Waals surface area contributed by atoms with Crippen LogP contribution < -0.4 is 15.4 Å². The first kappa shape index (κ1) is 27.9. The SMILES string of the molecule is Cc1cc(C)c(NC(=O)c2cc3sc(NC(=O)OC(C)(C)C)nc3cc2OC(=O)OC(C)(C)C)c(C)c1. The van der Waals surface area contributed by atoms with E-state index in [1.54, 1.807) is 47.6 Å². The molecule has 2 N–H and O–H groups in total. The zero-order valence-corrected chi connectivity index (χ0v) is 23.4. The summed E-state index contributed by atoms with van der Waals surface area (Å²) in [6.07, 6.45) is -1.61. The van der Waals surface area contributed by atoms with Crippen molar-refractivity contribution in [3.05, 3.63) is 46.5 Å². The molecule has 37 heavy (non-hydrogen) atoms. The van der Waals surface area contributed by atoms with Gasteiger partial charge in [0.15, 0.2) is 5.13 Å². The first-order valence-corrected chi connectivity index (χ1v) is 12.6. The number of ether oxygens (including phenoxy) is 3. The molecule has 0 saturated carbocycles. The van der Waals surface area contributed by atoms with Crippen molar-refractivity contribution in [3.8, 4) is 5.75 Å². The van der Waals surface area contributed by atoms with Crippen molar-refractivity contribution < 1.29 is 28.6 Å². The zero-order chi connectivity index (χ0) is 27.7. The van der Waals surface area contributed by atoms with Crippen LogP contribution in [0.4, 0.5) is 20.4 Å². The lowest BCUT2D eigenvalue weighted by Gasteiger charge is -2.19. The van der Waals surface area contributed by atoms with E-state index in [1.165, 1.54) is 6.07 Å². The zero-order valence-electron chi connectivity index (χ0n) is 22.6. The van der Waals surface area contributed by atoms with Crippen LogP contribution in [0, 0.1) is 20.8 Å². The molecule has 0 spiro atoms. The second kappa shape index (κ2) is 10.4. The number of carbonyl (C=O) groups is 3. The number of nitrogens with zero attached hydrogens (tertiary/aromatic N) is 1. The monoisotopic (exact) mass is 527 g/mol. The second-order valence-corrected chi connectivity index (χ2v) is 11.8. The molecule has 3 aromatic rings. The first-order chi connectivity index (χ1) is 17.0. The Balaban J connectivity index is 2.00. The number of fused-ring (bicyclic) bond motifs is 1. The fourth-order valence-corrected chi connectivity index (χ4v) is 4.45. The lowest BCUT2D eigenvalue weighted by molar-refractivity contribution is 0.0205. The molecule has 0 aliphatic carbocycles. The number of nitrogens with one attached hydrogen (secondary N) is 2. The molecule has 2 amide bonds. The molecule has 0 aliphatic heterocycles. The Hall–Kier alpha value is -3.66. The predicted molar refractivity (Wildman–Crippen MR) is 145 cm³/mol. The number of benzene rings is 2. The molecule has 0 fully saturated rings. The van der Waals surface area contributed by atoms with E-state index in [0.717, 1.165) is 28.0 Å². The Labute approximate surface area is 220 Å². The summed E-state index contributed by atoms with van der Waals surface area (Å²) in [6, 6.07) is 6.99. The summed E-state index contributed by atoms with van der Waals surface area (Å²) in [7, 11) is 0. The van der Waals surface area contributed by atoms with Gasteiger partial charge in [-0.1, -0.05) is 29.0 Å². The fourth-order valence-electron chi connectivity index (χ4n) is 3.58. The van der Waals surface area contributed by atoms with Gasteiger partial charge in [-0.3, -0.25) is 10.1 Å². The standard InChI is InChI=1S/C27H33N3O6S/c1-14-10-15(2)21(16(3)11-14)29-22(31)17-12-20-18(13-19(17)34-25(33)36-27(7,8)9)28-23(37-20)30-24(32)35-26(4,5)6/h10-13H,1-9H3,(H,29,31)(H,28,30,32). The Morgan fingerprint density at radius 1 is 0.838 bits per heavy atom. The minimum Gasteiger partial charge on any atom is -0.444 e. The normalized spacial score (nSPS) is 11.7. The summed E-state index contributed by atoms with van der Waals surface area (Å²) in [5.74, 6) is -0.485. The largest absolute Gasteiger partial charge is 0.514 e. The van der Waals surface area contributed by atoms with Gasteiger partial charge in [0, 0.05) is 11.8 Å². The molecule has 1 aromatic heterocycles. The number of thiazole rings is 1. The molecule has 0 unspecified atom stereocenters. The van der Waals surface area contributed by atoms with Crippen molar-refractivity contribution in [1.29, 1.82) is 0 Å². The van der Waals surface area contributed by atoms with Crippen LogP contribution in [0.2, 0.25) is 0 Å². The molecule has 1 heterocycles. The van der Waals surface area contributed by atoms with E-state index >= 15 is 0 Å². The molecule has 9 nitrogen and oxygen atoms in total. The highest BCUT2D eigenvalue weighted by Gasteiger charge is 2.24. The third kappa shape index (κ3) is 7.66. The molecule has 3 rings (SSSR count). The minimum atomic E-state index is -0.953. The molecular formula is C27H33N3O6S. The fraction of sp³-hybridized carbons (Fsp3) is 0.407. The molecule has 0 atom stereocenters. The molecule has 10 heteroatoms. The van der Waals surface area contributed by atoms with E-state index in [1.807, 2.05) is 32.9 Å². The highest BCUT2D eigenvalue weighted by atomic mass is 32.1. The Morgan fingerprint density at radius 3 is 2.00 bits per heavy atom. The van der Waals surface area contributed by atoms with Crippen LogP contribution in [-0.2, 0) is 9.47 Å². The van der Waals surface area contributed by atoms with Gasteiger partial charge in [0.25, 0.3) is 5.91 Å². The highest BCUT2D eigenvalue weighted by Crippen LogP contribution is 2.34. The average Bonchev–Trinajstić information content (AvgIpc) is 3.07. The third-order valence-electron chi connectivity index (χ3n) is 4.84. The summed E-state index contributed by atoms with van der Waals surface area (Å²) in [5, 5.41) is 5.81. The number of anilines is 2. The molecule has 198 valence electrons. The van der Waals surface area contributed by atoms with Crippen LogP contribution in [0.25, 0.3) is 10.2 Å². The van der Waals surface area contributed by atoms with Crippen LogP contribution in [0.15, 0.2) is 24.3 Å². The van der Waals surface area contributed by atoms with E-state index in [-0.39, 0.29) is 16.4 Å². The Kier molecular flexibility index (Phi) is 7.83. The minimum absolute atomic E-state index is 0.0178. The van der Waals surface area contributed by atoms with E-state index < -0.39 is 29.4 Å². The van der Waals surface area contributed by atoms with Crippen molar-refractivity contribution >= 4 is 50.5 Å². The molecule has 2 aromatic carbocycles. The van der Waals surface area contributed by atoms with Crippen molar-refractivity contribution in [2.24, 2.45) is 0 Å². The maximum atomic E-state index is 13.4. The van der Waals surface area contributed by atoms with Gasteiger partial charge < -0.3 is 19.5 Å². The van der Waals surface area contributed by atoms with Crippen LogP contribution in [0.1, 0.15) is 68.6 Å². The third-order valence-corrected chi connectivity index (χ3v) is 5.77. The number of hydrogen-bond donors (Lipinski definition) is 2. The number of rotatable bonds is 4. The molecule has 0 aliphatic rings. The second-order valence-electron chi connectivity index (χ2n) is 10.8. The maximum absolute atomic E-state index is 13.4. The van der Waals surface area contributed by atoms with Crippen molar-refractivity contribution in [2.45, 2.75) is 73.5 Å². The van der Waals surface area contributed by atoms with E-state index in [9.17, 15) is 14.4 Å². The number of aromatic nitrogens is 1. The van der Waals surface area contributed by atoms with E-state index in [0.29, 0.717) is 15.9 Å².